The minimum atomic E-state index is 0.0344. The Hall–Kier alpha value is -2.36. The van der Waals surface area contributed by atoms with Gasteiger partial charge in [-0.2, -0.15) is 0 Å². The van der Waals surface area contributed by atoms with Crippen molar-refractivity contribution >= 4 is 11.6 Å². The van der Waals surface area contributed by atoms with Crippen LogP contribution in [0.3, 0.4) is 0 Å². The number of hydrogen-bond donors (Lipinski definition) is 1. The predicted octanol–water partition coefficient (Wildman–Crippen LogP) is 1.82. The van der Waals surface area contributed by atoms with Crippen LogP contribution < -0.4 is 5.73 Å². The third-order valence-electron chi connectivity index (χ3n) is 3.17. The lowest BCUT2D eigenvalue weighted by molar-refractivity contribution is 0.0751. The zero-order chi connectivity index (χ0) is 12.5. The van der Waals surface area contributed by atoms with Crippen LogP contribution >= 0.6 is 0 Å². The quantitative estimate of drug-likeness (QED) is 0.772. The lowest BCUT2D eigenvalue weighted by Crippen LogP contribution is -2.25. The van der Waals surface area contributed by atoms with E-state index in [-0.39, 0.29) is 5.91 Å². The molecule has 0 saturated heterocycles. The Balaban J connectivity index is 1.84. The number of carbonyl (C=O) groups excluding carboxylic acids is 1. The van der Waals surface area contributed by atoms with E-state index in [1.54, 1.807) is 24.5 Å². The lowest BCUT2D eigenvalue weighted by Gasteiger charge is -2.14. The Bertz CT molecular complexity index is 595. The van der Waals surface area contributed by atoms with Crippen molar-refractivity contribution in [2.24, 2.45) is 0 Å². The fraction of sp³-hybridized carbons (Fsp3) is 0.143. The highest BCUT2D eigenvalue weighted by Crippen LogP contribution is 2.25. The molecule has 1 aliphatic heterocycles. The summed E-state index contributed by atoms with van der Waals surface area (Å²) in [7, 11) is 0. The predicted molar refractivity (Wildman–Crippen MR) is 68.7 cm³/mol. The molecule has 1 aromatic carbocycles. The molecule has 18 heavy (non-hydrogen) atoms. The van der Waals surface area contributed by atoms with Crippen molar-refractivity contribution in [2.45, 2.75) is 13.1 Å². The van der Waals surface area contributed by atoms with Crippen molar-refractivity contribution in [3.63, 3.8) is 0 Å². The van der Waals surface area contributed by atoms with E-state index >= 15 is 0 Å². The second kappa shape index (κ2) is 4.14. The van der Waals surface area contributed by atoms with Gasteiger partial charge in [0.1, 0.15) is 0 Å². The van der Waals surface area contributed by atoms with E-state index < -0.39 is 0 Å². The highest BCUT2D eigenvalue weighted by Gasteiger charge is 2.24. The number of aromatic nitrogens is 1. The molecule has 0 fully saturated rings. The number of carbonyl (C=O) groups is 1. The fourth-order valence-corrected chi connectivity index (χ4v) is 2.24. The first-order valence-electron chi connectivity index (χ1n) is 5.80. The topological polar surface area (TPSA) is 59.2 Å². The third kappa shape index (κ3) is 1.82. The monoisotopic (exact) mass is 239 g/mol. The summed E-state index contributed by atoms with van der Waals surface area (Å²) in [5, 5.41) is 0. The van der Waals surface area contributed by atoms with Gasteiger partial charge in [-0.3, -0.25) is 9.78 Å². The van der Waals surface area contributed by atoms with Crippen LogP contribution in [0, 0.1) is 0 Å². The van der Waals surface area contributed by atoms with Gasteiger partial charge in [0, 0.05) is 36.7 Å². The average molecular weight is 239 g/mol. The second-order valence-corrected chi connectivity index (χ2v) is 4.43. The van der Waals surface area contributed by atoms with Crippen LogP contribution in [0.1, 0.15) is 21.5 Å². The maximum Gasteiger partial charge on any atom is 0.254 e. The number of nitrogen functional groups attached to an aromatic ring is 1. The van der Waals surface area contributed by atoms with Crippen molar-refractivity contribution < 1.29 is 4.79 Å². The highest BCUT2D eigenvalue weighted by atomic mass is 16.2. The Morgan fingerprint density at radius 1 is 1.11 bits per heavy atom. The van der Waals surface area contributed by atoms with E-state index in [9.17, 15) is 4.79 Å². The maximum absolute atomic E-state index is 12.3. The summed E-state index contributed by atoms with van der Waals surface area (Å²) >= 11 is 0. The largest absolute Gasteiger partial charge is 0.399 e. The smallest absolute Gasteiger partial charge is 0.254 e. The van der Waals surface area contributed by atoms with Crippen LogP contribution in [-0.2, 0) is 13.1 Å². The fourth-order valence-electron chi connectivity index (χ4n) is 2.24. The van der Waals surface area contributed by atoms with Crippen molar-refractivity contribution in [1.29, 1.82) is 0 Å². The van der Waals surface area contributed by atoms with Crippen LogP contribution in [0.4, 0.5) is 5.69 Å². The molecule has 0 bridgehead atoms. The molecule has 1 aliphatic rings. The summed E-state index contributed by atoms with van der Waals surface area (Å²) in [6, 6.07) is 9.28. The Labute approximate surface area is 105 Å². The van der Waals surface area contributed by atoms with E-state index in [2.05, 4.69) is 4.98 Å². The molecule has 1 aromatic heterocycles. The Morgan fingerprint density at radius 3 is 2.61 bits per heavy atom. The summed E-state index contributed by atoms with van der Waals surface area (Å²) in [4.78, 5) is 18.0. The molecule has 0 aliphatic carbocycles. The molecule has 0 unspecified atom stereocenters. The second-order valence-electron chi connectivity index (χ2n) is 4.43. The number of nitrogens with two attached hydrogens (primary N) is 1. The van der Waals surface area contributed by atoms with Gasteiger partial charge >= 0.3 is 0 Å². The Morgan fingerprint density at radius 2 is 1.83 bits per heavy atom. The van der Waals surface area contributed by atoms with E-state index in [1.165, 1.54) is 5.56 Å². The number of benzene rings is 1. The first kappa shape index (κ1) is 10.8. The summed E-state index contributed by atoms with van der Waals surface area (Å²) in [5.74, 6) is 0.0344. The minimum absolute atomic E-state index is 0.0344. The van der Waals surface area contributed by atoms with Crippen molar-refractivity contribution in [3.8, 4) is 0 Å². The van der Waals surface area contributed by atoms with Gasteiger partial charge in [-0.05, 0) is 35.4 Å². The van der Waals surface area contributed by atoms with Gasteiger partial charge in [0.05, 0.1) is 0 Å². The van der Waals surface area contributed by atoms with Gasteiger partial charge in [0.25, 0.3) is 5.91 Å². The Kier molecular flexibility index (Phi) is 2.48. The van der Waals surface area contributed by atoms with Crippen LogP contribution in [-0.4, -0.2) is 15.8 Å². The molecule has 1 amide bonds. The summed E-state index contributed by atoms with van der Waals surface area (Å²) < 4.78 is 0. The van der Waals surface area contributed by atoms with Gasteiger partial charge in [0.15, 0.2) is 0 Å². The third-order valence-corrected chi connectivity index (χ3v) is 3.17. The van der Waals surface area contributed by atoms with E-state index in [0.29, 0.717) is 18.7 Å². The number of pyridine rings is 1. The molecule has 0 radical (unpaired) electrons. The lowest BCUT2D eigenvalue weighted by atomic mass is 10.1. The SMILES string of the molecule is Nc1ccc2c(c1)CN(C(=O)c1ccncc1)C2. The molecule has 2 heterocycles. The number of fused-ring (bicyclic) bond motifs is 1. The molecule has 3 rings (SSSR count). The van der Waals surface area contributed by atoms with Gasteiger partial charge in [-0.15, -0.1) is 0 Å². The molecular formula is C14H13N3O. The van der Waals surface area contributed by atoms with Crippen LogP contribution in [0.2, 0.25) is 0 Å². The normalized spacial score (nSPS) is 13.4. The van der Waals surface area contributed by atoms with Crippen molar-refractivity contribution in [2.75, 3.05) is 5.73 Å². The van der Waals surface area contributed by atoms with Gasteiger partial charge in [0.2, 0.25) is 0 Å². The van der Waals surface area contributed by atoms with Crippen molar-refractivity contribution in [1.82, 2.24) is 9.88 Å². The standard InChI is InChI=1S/C14H13N3O/c15-13-2-1-11-8-17(9-12(11)7-13)14(18)10-3-5-16-6-4-10/h1-7H,8-9,15H2. The van der Waals surface area contributed by atoms with Gasteiger partial charge in [-0.1, -0.05) is 6.07 Å². The minimum Gasteiger partial charge on any atom is -0.399 e. The first-order chi connectivity index (χ1) is 8.74. The molecule has 4 nitrogen and oxygen atoms in total. The number of rotatable bonds is 1. The van der Waals surface area contributed by atoms with Crippen molar-refractivity contribution in [3.05, 3.63) is 59.4 Å². The highest BCUT2D eigenvalue weighted by molar-refractivity contribution is 5.94. The summed E-state index contributed by atoms with van der Waals surface area (Å²) in [6.07, 6.45) is 3.27. The zero-order valence-corrected chi connectivity index (χ0v) is 9.84. The molecule has 0 spiro atoms. The summed E-state index contributed by atoms with van der Waals surface area (Å²) in [6.45, 7) is 1.28. The van der Waals surface area contributed by atoms with Crippen LogP contribution in [0.15, 0.2) is 42.7 Å². The summed E-state index contributed by atoms with van der Waals surface area (Å²) in [5.41, 5.74) is 9.48. The van der Waals surface area contributed by atoms with Crippen LogP contribution in [0.5, 0.6) is 0 Å². The first-order valence-corrected chi connectivity index (χ1v) is 5.80. The van der Waals surface area contributed by atoms with E-state index in [4.69, 9.17) is 5.73 Å². The molecule has 4 heteroatoms. The molecular weight excluding hydrogens is 226 g/mol. The number of amides is 1. The number of anilines is 1. The average Bonchev–Trinajstić information content (AvgIpc) is 2.81. The van der Waals surface area contributed by atoms with Crippen LogP contribution in [0.25, 0.3) is 0 Å². The molecule has 90 valence electrons. The molecule has 0 saturated carbocycles. The molecule has 2 aromatic rings. The molecule has 0 atom stereocenters. The number of hydrogen-bond acceptors (Lipinski definition) is 3. The molecule has 2 N–H and O–H groups in total. The van der Waals surface area contributed by atoms with E-state index in [0.717, 1.165) is 11.3 Å². The maximum atomic E-state index is 12.3. The van der Waals surface area contributed by atoms with E-state index in [1.807, 2.05) is 23.1 Å². The van der Waals surface area contributed by atoms with Gasteiger partial charge in [-0.25, -0.2) is 0 Å². The zero-order valence-electron chi connectivity index (χ0n) is 9.84. The number of nitrogens with zero attached hydrogens (tertiary/aromatic N) is 2. The van der Waals surface area contributed by atoms with Gasteiger partial charge < -0.3 is 10.6 Å².